The molecule has 0 amide bonds. The zero-order valence-corrected chi connectivity index (χ0v) is 19.4. The minimum absolute atomic E-state index is 0.0246. The Labute approximate surface area is 188 Å². The van der Waals surface area contributed by atoms with Crippen LogP contribution in [-0.2, 0) is 17.1 Å². The van der Waals surface area contributed by atoms with Gasteiger partial charge in [0, 0.05) is 44.0 Å². The fraction of sp³-hybridized carbons (Fsp3) is 0.619. The lowest BCUT2D eigenvalue weighted by atomic mass is 9.95. The molecule has 3 heterocycles. The predicted molar refractivity (Wildman–Crippen MR) is 122 cm³/mol. The molecule has 2 aromatic heterocycles. The number of hydrogen-bond donors (Lipinski definition) is 3. The van der Waals surface area contributed by atoms with Crippen molar-refractivity contribution in [2.24, 2.45) is 7.05 Å². The molecule has 174 valence electrons. The number of nitrogens with zero attached hydrogens (tertiary/aromatic N) is 4. The quantitative estimate of drug-likeness (QED) is 0.564. The molecule has 2 aliphatic rings. The van der Waals surface area contributed by atoms with Crippen LogP contribution in [-0.4, -0.2) is 57.1 Å². The Hall–Kier alpha value is -2.53. The highest BCUT2D eigenvalue weighted by molar-refractivity contribution is 7.89. The topological polar surface area (TPSA) is 137 Å². The summed E-state index contributed by atoms with van der Waals surface area (Å²) in [6, 6.07) is 0.233. The summed E-state index contributed by atoms with van der Waals surface area (Å²) in [4.78, 5) is 24.4. The predicted octanol–water partition coefficient (Wildman–Crippen LogP) is 2.20. The lowest BCUT2D eigenvalue weighted by molar-refractivity contribution is 0.308. The van der Waals surface area contributed by atoms with Crippen LogP contribution < -0.4 is 10.9 Å². The van der Waals surface area contributed by atoms with E-state index in [1.54, 1.807) is 18.5 Å². The number of rotatable bonds is 6. The number of hydrogen-bond acceptors (Lipinski definition) is 7. The number of aromatic amines is 1. The highest BCUT2D eigenvalue weighted by Crippen LogP contribution is 2.29. The van der Waals surface area contributed by atoms with Gasteiger partial charge in [-0.1, -0.05) is 19.3 Å². The third-order valence-electron chi connectivity index (χ3n) is 6.31. The van der Waals surface area contributed by atoms with Gasteiger partial charge in [-0.05, 0) is 32.6 Å². The summed E-state index contributed by atoms with van der Waals surface area (Å²) in [5.41, 5.74) is 0.0604. The molecule has 4 rings (SSSR count). The second-order valence-corrected chi connectivity index (χ2v) is 10.7. The Morgan fingerprint density at radius 1 is 1.22 bits per heavy atom. The molecule has 2 aromatic rings. The lowest BCUT2D eigenvalue weighted by Gasteiger charge is -2.31. The molecule has 10 nitrogen and oxygen atoms in total. The highest BCUT2D eigenvalue weighted by atomic mass is 32.2. The van der Waals surface area contributed by atoms with Crippen LogP contribution in [0.5, 0.6) is 0 Å². The maximum Gasteiger partial charge on any atom is 0.262 e. The maximum absolute atomic E-state index is 13.0. The largest absolute Gasteiger partial charge is 0.367 e. The summed E-state index contributed by atoms with van der Waals surface area (Å²) >= 11 is 0. The van der Waals surface area contributed by atoms with Gasteiger partial charge in [-0.15, -0.1) is 0 Å². The molecule has 0 bridgehead atoms. The fourth-order valence-corrected chi connectivity index (χ4v) is 6.10. The van der Waals surface area contributed by atoms with Crippen LogP contribution in [0.3, 0.4) is 0 Å². The first-order chi connectivity index (χ1) is 15.3. The van der Waals surface area contributed by atoms with Crippen molar-refractivity contribution >= 4 is 21.6 Å². The molecule has 0 radical (unpaired) electrons. The highest BCUT2D eigenvalue weighted by Gasteiger charge is 2.34. The Balaban J connectivity index is 1.62. The zero-order chi connectivity index (χ0) is 22.9. The molecule has 1 aliphatic carbocycles. The summed E-state index contributed by atoms with van der Waals surface area (Å²) in [5.74, 6) is 0.675. The fourth-order valence-electron chi connectivity index (χ4n) is 4.61. The SMILES string of the molecule is CC(=N)c1c(NC2CCCCC2)nc(C2CCCN(S(=O)(=O)c3cn(C)cn3)C2)[nH]c1=O. The number of sulfonamides is 1. The van der Waals surface area contributed by atoms with E-state index in [1.165, 1.54) is 23.3 Å². The first-order valence-corrected chi connectivity index (χ1v) is 12.6. The molecular weight excluding hydrogens is 430 g/mol. The molecule has 32 heavy (non-hydrogen) atoms. The number of imidazole rings is 1. The van der Waals surface area contributed by atoms with Crippen molar-refractivity contribution in [3.05, 3.63) is 34.3 Å². The molecule has 1 atom stereocenters. The van der Waals surface area contributed by atoms with E-state index < -0.39 is 10.0 Å². The first-order valence-electron chi connectivity index (χ1n) is 11.2. The van der Waals surface area contributed by atoms with Gasteiger partial charge in [0.1, 0.15) is 17.2 Å². The van der Waals surface area contributed by atoms with E-state index in [4.69, 9.17) is 10.4 Å². The normalized spacial score (nSPS) is 20.9. The zero-order valence-electron chi connectivity index (χ0n) is 18.6. The van der Waals surface area contributed by atoms with E-state index in [0.717, 1.165) is 32.1 Å². The summed E-state index contributed by atoms with van der Waals surface area (Å²) in [6.07, 6.45) is 9.86. The van der Waals surface area contributed by atoms with Crippen molar-refractivity contribution in [3.63, 3.8) is 0 Å². The van der Waals surface area contributed by atoms with Gasteiger partial charge >= 0.3 is 0 Å². The molecule has 1 saturated carbocycles. The Morgan fingerprint density at radius 3 is 2.62 bits per heavy atom. The lowest BCUT2D eigenvalue weighted by Crippen LogP contribution is -2.40. The Kier molecular flexibility index (Phi) is 6.47. The van der Waals surface area contributed by atoms with Gasteiger partial charge < -0.3 is 20.3 Å². The van der Waals surface area contributed by atoms with Crippen molar-refractivity contribution in [2.45, 2.75) is 68.9 Å². The van der Waals surface area contributed by atoms with Gasteiger partial charge in [-0.25, -0.2) is 18.4 Å². The number of nitrogens with one attached hydrogen (secondary N) is 3. The summed E-state index contributed by atoms with van der Waals surface area (Å²) in [7, 11) is -1.99. The van der Waals surface area contributed by atoms with Crippen LogP contribution in [0.1, 0.15) is 69.2 Å². The van der Waals surface area contributed by atoms with Crippen molar-refractivity contribution < 1.29 is 8.42 Å². The van der Waals surface area contributed by atoms with E-state index in [2.05, 4.69) is 15.3 Å². The average Bonchev–Trinajstić information content (AvgIpc) is 3.21. The maximum atomic E-state index is 13.0. The van der Waals surface area contributed by atoms with E-state index in [9.17, 15) is 13.2 Å². The third-order valence-corrected chi connectivity index (χ3v) is 8.07. The monoisotopic (exact) mass is 461 g/mol. The van der Waals surface area contributed by atoms with E-state index in [-0.39, 0.29) is 40.4 Å². The summed E-state index contributed by atoms with van der Waals surface area (Å²) in [5, 5.41) is 11.5. The number of aromatic nitrogens is 4. The molecule has 1 aliphatic heterocycles. The molecule has 11 heteroatoms. The van der Waals surface area contributed by atoms with E-state index in [1.807, 2.05) is 0 Å². The number of anilines is 1. The van der Waals surface area contributed by atoms with Crippen LogP contribution in [0.15, 0.2) is 22.3 Å². The molecule has 1 unspecified atom stereocenters. The van der Waals surface area contributed by atoms with Gasteiger partial charge in [0.2, 0.25) is 0 Å². The van der Waals surface area contributed by atoms with Gasteiger partial charge in [-0.3, -0.25) is 4.79 Å². The number of piperidine rings is 1. The van der Waals surface area contributed by atoms with Crippen LogP contribution >= 0.6 is 0 Å². The van der Waals surface area contributed by atoms with E-state index >= 15 is 0 Å². The standard InChI is InChI=1S/C21H31N7O3S/c1-14(22)18-20(24-16-8-4-3-5-9-16)25-19(26-21(18)29)15-7-6-10-28(11-15)32(30,31)17-12-27(2)13-23-17/h12-13,15-16,22H,3-11H2,1-2H3,(H2,24,25,26,29). The molecular formula is C21H31N7O3S. The Bertz CT molecular complexity index is 1150. The van der Waals surface area contributed by atoms with Gasteiger partial charge in [0.15, 0.2) is 5.03 Å². The van der Waals surface area contributed by atoms with Crippen LogP contribution in [0, 0.1) is 5.41 Å². The average molecular weight is 462 g/mol. The van der Waals surface area contributed by atoms with E-state index in [0.29, 0.717) is 24.6 Å². The first kappa shape index (κ1) is 22.7. The van der Waals surface area contributed by atoms with Crippen molar-refractivity contribution in [1.82, 2.24) is 23.8 Å². The second kappa shape index (κ2) is 9.14. The molecule has 2 fully saturated rings. The molecule has 1 saturated heterocycles. The van der Waals surface area contributed by atoms with Crippen molar-refractivity contribution in [2.75, 3.05) is 18.4 Å². The summed E-state index contributed by atoms with van der Waals surface area (Å²) in [6.45, 7) is 2.22. The van der Waals surface area contributed by atoms with Crippen LogP contribution in [0.2, 0.25) is 0 Å². The minimum atomic E-state index is -3.71. The van der Waals surface area contributed by atoms with Crippen molar-refractivity contribution in [1.29, 1.82) is 5.41 Å². The van der Waals surface area contributed by atoms with Gasteiger partial charge in [-0.2, -0.15) is 4.31 Å². The van der Waals surface area contributed by atoms with Crippen LogP contribution in [0.4, 0.5) is 5.82 Å². The molecule has 0 spiro atoms. The number of aryl methyl sites for hydroxylation is 1. The van der Waals surface area contributed by atoms with Crippen molar-refractivity contribution in [3.8, 4) is 0 Å². The van der Waals surface area contributed by atoms with Gasteiger partial charge in [0.05, 0.1) is 6.33 Å². The minimum Gasteiger partial charge on any atom is -0.367 e. The molecule has 3 N–H and O–H groups in total. The van der Waals surface area contributed by atoms with Crippen LogP contribution in [0.25, 0.3) is 0 Å². The molecule has 0 aromatic carbocycles. The number of H-pyrrole nitrogens is 1. The Morgan fingerprint density at radius 2 is 1.97 bits per heavy atom. The smallest absolute Gasteiger partial charge is 0.262 e. The third kappa shape index (κ3) is 4.63. The summed E-state index contributed by atoms with van der Waals surface area (Å²) < 4.78 is 29.1. The second-order valence-electron chi connectivity index (χ2n) is 8.86. The van der Waals surface area contributed by atoms with Gasteiger partial charge in [0.25, 0.3) is 15.6 Å².